The monoisotopic (exact) mass is 951 g/mol. The molecule has 15 unspecified atom stereocenters. The molecule has 15 atom stereocenters. The fourth-order valence-corrected chi connectivity index (χ4v) is 9.51. The third-order valence-electron chi connectivity index (χ3n) is 14.1. The van der Waals surface area contributed by atoms with E-state index in [4.69, 9.17) is 28.4 Å². The average Bonchev–Trinajstić information content (AvgIpc) is 3.32. The van der Waals surface area contributed by atoms with Gasteiger partial charge in [0.15, 0.2) is 12.1 Å². The number of carbonyl (C=O) groups excluding carboxylic acids is 3. The van der Waals surface area contributed by atoms with Crippen molar-refractivity contribution >= 4 is 17.3 Å². The molecule has 2 rings (SSSR count). The maximum atomic E-state index is 14.3. The van der Waals surface area contributed by atoms with Gasteiger partial charge < -0.3 is 54.0 Å². The van der Waals surface area contributed by atoms with Crippen molar-refractivity contribution in [2.75, 3.05) is 41.2 Å². The maximum absolute atomic E-state index is 14.3. The minimum Gasteiger partial charge on any atom is -0.394 e. The van der Waals surface area contributed by atoms with Crippen LogP contribution in [0.25, 0.3) is 0 Å². The molecular weight excluding hydrogens is 861 g/mol. The molecule has 5 N–H and O–H groups in total. The molecule has 67 heavy (non-hydrogen) atoms. The van der Waals surface area contributed by atoms with Crippen molar-refractivity contribution in [3.63, 3.8) is 0 Å². The summed E-state index contributed by atoms with van der Waals surface area (Å²) in [6.45, 7) is 15.3. The second kappa shape index (κ2) is 31.7. The van der Waals surface area contributed by atoms with Gasteiger partial charge in [-0.25, -0.2) is 0 Å². The average molecular weight is 951 g/mol. The lowest BCUT2D eigenvalue weighted by atomic mass is 9.74. The molecule has 0 amide bonds. The molecule has 1 aliphatic heterocycles. The van der Waals surface area contributed by atoms with Crippen molar-refractivity contribution in [3.8, 4) is 0 Å². The number of aliphatic hydroxyl groups is 5. The molecule has 1 saturated carbocycles. The number of allylic oxidation sites excluding steroid dienone is 5. The van der Waals surface area contributed by atoms with E-state index in [1.165, 1.54) is 7.11 Å². The van der Waals surface area contributed by atoms with Crippen LogP contribution >= 0.6 is 0 Å². The molecular formula is C53H90O14. The van der Waals surface area contributed by atoms with Gasteiger partial charge in [-0.2, -0.15) is 0 Å². The molecule has 386 valence electrons. The molecule has 0 saturated heterocycles. The highest BCUT2D eigenvalue weighted by molar-refractivity contribution is 6.40. The predicted molar refractivity (Wildman–Crippen MR) is 259 cm³/mol. The fourth-order valence-electron chi connectivity index (χ4n) is 9.51. The van der Waals surface area contributed by atoms with E-state index >= 15 is 0 Å². The van der Waals surface area contributed by atoms with Gasteiger partial charge in [-0.1, -0.05) is 97.3 Å². The number of hydrogen-bond donors (Lipinski definition) is 5. The summed E-state index contributed by atoms with van der Waals surface area (Å²) in [5.74, 6) is -6.92. The zero-order valence-electron chi connectivity index (χ0n) is 42.8. The van der Waals surface area contributed by atoms with Crippen LogP contribution in [0.4, 0.5) is 0 Å². The summed E-state index contributed by atoms with van der Waals surface area (Å²) >= 11 is 0. The first kappa shape index (κ1) is 60.7. The second-order valence-corrected chi connectivity index (χ2v) is 19.3. The lowest BCUT2D eigenvalue weighted by Crippen LogP contribution is -2.51. The Labute approximate surface area is 402 Å². The number of carbonyl (C=O) groups is 3. The minimum absolute atomic E-state index is 0.0322. The molecule has 0 bridgehead atoms. The highest BCUT2D eigenvalue weighted by atomic mass is 16.6. The van der Waals surface area contributed by atoms with Crippen molar-refractivity contribution < 1.29 is 68.3 Å². The van der Waals surface area contributed by atoms with E-state index in [2.05, 4.69) is 6.92 Å². The number of aliphatic hydroxyl groups excluding tert-OH is 4. The maximum Gasteiger partial charge on any atom is 0.257 e. The van der Waals surface area contributed by atoms with E-state index in [1.807, 2.05) is 65.0 Å². The first-order chi connectivity index (χ1) is 31.8. The Morgan fingerprint density at radius 3 is 2.19 bits per heavy atom. The summed E-state index contributed by atoms with van der Waals surface area (Å²) < 4.78 is 35.3. The largest absolute Gasteiger partial charge is 0.394 e. The number of rotatable bonds is 15. The molecule has 14 heteroatoms. The lowest BCUT2D eigenvalue weighted by molar-refractivity contribution is -0.229. The van der Waals surface area contributed by atoms with E-state index in [0.717, 1.165) is 12.0 Å². The van der Waals surface area contributed by atoms with Crippen LogP contribution in [0.2, 0.25) is 0 Å². The van der Waals surface area contributed by atoms with E-state index in [0.29, 0.717) is 76.4 Å². The normalized spacial score (nSPS) is 34.3. The Balaban J connectivity index is 2.61. The molecule has 0 radical (unpaired) electrons. The first-order valence-corrected chi connectivity index (χ1v) is 25.0. The van der Waals surface area contributed by atoms with Crippen LogP contribution in [0.1, 0.15) is 139 Å². The van der Waals surface area contributed by atoms with Crippen molar-refractivity contribution in [1.82, 2.24) is 0 Å². The summed E-state index contributed by atoms with van der Waals surface area (Å²) in [6.07, 6.45) is 10.4. The Morgan fingerprint density at radius 1 is 0.881 bits per heavy atom. The molecule has 0 aromatic heterocycles. The van der Waals surface area contributed by atoms with E-state index < -0.39 is 83.9 Å². The topological polar surface area (TPSA) is 208 Å². The number of ketones is 3. The van der Waals surface area contributed by atoms with Crippen LogP contribution < -0.4 is 0 Å². The third kappa shape index (κ3) is 19.7. The van der Waals surface area contributed by atoms with Gasteiger partial charge in [-0.05, 0) is 81.8 Å². The SMILES string of the molecule is CCC(CCC1CC(O)C(C)C=C(C)C(O)C(OC)C(=O)C(C)CC(C)C=CC=CC=C(C)C(OC)CC(CC)OC(O)(CC)C(=O)C(=O)C2CCCCC2C(O)O1)CC(COCCO)OC. The molecule has 0 spiro atoms. The van der Waals surface area contributed by atoms with Crippen LogP contribution in [-0.2, 0) is 42.8 Å². The standard InChI is InChI=1S/C53H90O14/c1-12-39(30-42(62-9)33-65-27-26-54)24-25-41-31-45(55)36(6)29-38(8)48(57)50(64-11)47(56)37(7)28-34(4)20-16-15-17-21-35(5)46(63-10)32-40(13-2)67-53(61,14-3)51(59)49(58)43-22-18-19-23-44(43)52(60)66-41/h15-17,20-21,29,34,36-37,39-46,48,50,52,54-55,57,60-61H,12-14,18-19,22-28,30-33H2,1-11H3. The minimum atomic E-state index is -2.39. The van der Waals surface area contributed by atoms with Crippen molar-refractivity contribution in [3.05, 3.63) is 47.6 Å². The Hall–Kier alpha value is -2.47. The lowest BCUT2D eigenvalue weighted by Gasteiger charge is -2.37. The molecule has 0 aromatic rings. The van der Waals surface area contributed by atoms with Crippen LogP contribution in [-0.4, -0.2) is 139 Å². The van der Waals surface area contributed by atoms with Gasteiger partial charge in [0, 0.05) is 64.3 Å². The van der Waals surface area contributed by atoms with Crippen molar-refractivity contribution in [2.45, 2.75) is 194 Å². The zero-order chi connectivity index (χ0) is 50.3. The number of ether oxygens (including phenoxy) is 6. The van der Waals surface area contributed by atoms with Gasteiger partial charge >= 0.3 is 0 Å². The van der Waals surface area contributed by atoms with E-state index in [9.17, 15) is 39.9 Å². The van der Waals surface area contributed by atoms with Crippen molar-refractivity contribution in [2.24, 2.45) is 35.5 Å². The molecule has 1 heterocycles. The van der Waals surface area contributed by atoms with E-state index in [1.54, 1.807) is 34.1 Å². The van der Waals surface area contributed by atoms with Crippen LogP contribution in [0.5, 0.6) is 0 Å². The highest BCUT2D eigenvalue weighted by Gasteiger charge is 2.48. The Bertz CT molecular complexity index is 1580. The van der Waals surface area contributed by atoms with Crippen LogP contribution in [0.15, 0.2) is 47.6 Å². The number of methoxy groups -OCH3 is 3. The summed E-state index contributed by atoms with van der Waals surface area (Å²) in [7, 11) is 4.60. The Morgan fingerprint density at radius 2 is 1.58 bits per heavy atom. The second-order valence-electron chi connectivity index (χ2n) is 19.3. The summed E-state index contributed by atoms with van der Waals surface area (Å²) in [4.78, 5) is 42.1. The van der Waals surface area contributed by atoms with Gasteiger partial charge in [0.1, 0.15) is 12.2 Å². The van der Waals surface area contributed by atoms with Crippen LogP contribution in [0, 0.1) is 35.5 Å². The smallest absolute Gasteiger partial charge is 0.257 e. The van der Waals surface area contributed by atoms with Gasteiger partial charge in [0.2, 0.25) is 11.6 Å². The van der Waals surface area contributed by atoms with Gasteiger partial charge in [-0.15, -0.1) is 0 Å². The number of hydrogen-bond acceptors (Lipinski definition) is 14. The molecule has 1 fully saturated rings. The first-order valence-electron chi connectivity index (χ1n) is 25.0. The molecule has 0 aromatic carbocycles. The Kier molecular flexibility index (Phi) is 28.7. The number of Topliss-reactive ketones (excluding diaryl/α,β-unsaturated/α-hetero) is 3. The zero-order valence-corrected chi connectivity index (χ0v) is 42.8. The van der Waals surface area contributed by atoms with Gasteiger partial charge in [0.05, 0.1) is 50.3 Å². The quantitative estimate of drug-likeness (QED) is 0.0627. The summed E-state index contributed by atoms with van der Waals surface area (Å²) in [5, 5.41) is 56.2. The molecule has 2 aliphatic rings. The van der Waals surface area contributed by atoms with E-state index in [-0.39, 0.29) is 49.8 Å². The molecule has 14 nitrogen and oxygen atoms in total. The van der Waals surface area contributed by atoms with Gasteiger partial charge in [0.25, 0.3) is 5.78 Å². The van der Waals surface area contributed by atoms with Gasteiger partial charge in [-0.3, -0.25) is 14.4 Å². The molecule has 1 aliphatic carbocycles. The highest BCUT2D eigenvalue weighted by Crippen LogP contribution is 2.37. The summed E-state index contributed by atoms with van der Waals surface area (Å²) in [5.41, 5.74) is 1.35. The number of fused-ring (bicyclic) bond motifs is 1. The van der Waals surface area contributed by atoms with Crippen LogP contribution in [0.3, 0.4) is 0 Å². The predicted octanol–water partition coefficient (Wildman–Crippen LogP) is 7.17. The summed E-state index contributed by atoms with van der Waals surface area (Å²) in [6, 6.07) is 0. The van der Waals surface area contributed by atoms with Crippen molar-refractivity contribution in [1.29, 1.82) is 0 Å². The third-order valence-corrected chi connectivity index (χ3v) is 14.1. The fraction of sp³-hybridized carbons (Fsp3) is 0.792.